The Morgan fingerprint density at radius 2 is 2.27 bits per heavy atom. The lowest BCUT2D eigenvalue weighted by molar-refractivity contribution is 0.832. The number of nitrogens with zero attached hydrogens (tertiary/aromatic N) is 1. The molecular weight excluding hydrogens is 204 g/mol. The van der Waals surface area contributed by atoms with Crippen molar-refractivity contribution in [3.8, 4) is 0 Å². The minimum Gasteiger partial charge on any atom is -0.278 e. The van der Waals surface area contributed by atoms with Gasteiger partial charge < -0.3 is 0 Å². The molecule has 2 fully saturated rings. The molecule has 3 heteroatoms. The van der Waals surface area contributed by atoms with Gasteiger partial charge in [-0.25, -0.2) is 0 Å². The van der Waals surface area contributed by atoms with Crippen molar-refractivity contribution in [2.45, 2.75) is 30.1 Å². The molecular formula is C12H12N2S. The summed E-state index contributed by atoms with van der Waals surface area (Å²) >= 11 is 4.65. The van der Waals surface area contributed by atoms with E-state index < -0.39 is 0 Å². The van der Waals surface area contributed by atoms with Crippen LogP contribution in [-0.4, -0.2) is 10.2 Å². The van der Waals surface area contributed by atoms with Crippen molar-refractivity contribution in [1.29, 1.82) is 0 Å². The van der Waals surface area contributed by atoms with Crippen LogP contribution in [0.1, 0.15) is 30.7 Å². The van der Waals surface area contributed by atoms with Crippen LogP contribution in [0.3, 0.4) is 0 Å². The summed E-state index contributed by atoms with van der Waals surface area (Å²) in [5, 5.41) is 8.21. The van der Waals surface area contributed by atoms with Crippen LogP contribution in [-0.2, 0) is 0 Å². The van der Waals surface area contributed by atoms with Crippen LogP contribution >= 0.6 is 12.6 Å². The van der Waals surface area contributed by atoms with Crippen molar-refractivity contribution in [2.75, 3.05) is 0 Å². The van der Waals surface area contributed by atoms with Gasteiger partial charge in [0.15, 0.2) is 0 Å². The fraction of sp³-hybridized carbons (Fsp3) is 0.417. The Morgan fingerprint density at radius 3 is 3.00 bits per heavy atom. The second kappa shape index (κ2) is 2.40. The van der Waals surface area contributed by atoms with Gasteiger partial charge >= 0.3 is 0 Å². The Kier molecular flexibility index (Phi) is 1.32. The number of thiol groups is 1. The van der Waals surface area contributed by atoms with Gasteiger partial charge in [0.1, 0.15) is 0 Å². The van der Waals surface area contributed by atoms with E-state index in [-0.39, 0.29) is 0 Å². The van der Waals surface area contributed by atoms with E-state index in [9.17, 15) is 0 Å². The summed E-state index contributed by atoms with van der Waals surface area (Å²) in [7, 11) is 0. The lowest BCUT2D eigenvalue weighted by Crippen LogP contribution is -1.86. The van der Waals surface area contributed by atoms with Gasteiger partial charge in [0.2, 0.25) is 0 Å². The lowest BCUT2D eigenvalue weighted by atomic mass is 10.1. The minimum absolute atomic E-state index is 0.703. The monoisotopic (exact) mass is 216 g/mol. The molecule has 1 atom stereocenters. The molecule has 0 saturated heterocycles. The van der Waals surface area contributed by atoms with Gasteiger partial charge in [-0.3, -0.25) is 5.10 Å². The predicted octanol–water partition coefficient (Wildman–Crippen LogP) is 3.12. The Labute approximate surface area is 93.5 Å². The maximum atomic E-state index is 4.65. The molecule has 4 rings (SSSR count). The number of H-pyrrole nitrogens is 1. The number of nitrogens with one attached hydrogen (secondary N) is 1. The summed E-state index contributed by atoms with van der Waals surface area (Å²) in [5.74, 6) is 0.782. The topological polar surface area (TPSA) is 28.7 Å². The summed E-state index contributed by atoms with van der Waals surface area (Å²) in [5.41, 5.74) is 3.23. The molecule has 1 aromatic heterocycles. The Morgan fingerprint density at radius 1 is 1.40 bits per heavy atom. The molecule has 1 unspecified atom stereocenters. The summed E-state index contributed by atoms with van der Waals surface area (Å²) in [6.07, 6.45) is 6.11. The van der Waals surface area contributed by atoms with Crippen molar-refractivity contribution in [1.82, 2.24) is 10.2 Å². The largest absolute Gasteiger partial charge is 0.278 e. The molecule has 2 saturated carbocycles. The van der Waals surface area contributed by atoms with Crippen LogP contribution in [0.25, 0.3) is 10.9 Å². The zero-order chi connectivity index (χ0) is 10.0. The third kappa shape index (κ3) is 0.991. The van der Waals surface area contributed by atoms with E-state index in [0.717, 1.165) is 16.3 Å². The molecule has 0 amide bonds. The molecule has 1 N–H and O–H groups in total. The highest BCUT2D eigenvalue weighted by atomic mass is 32.1. The van der Waals surface area contributed by atoms with Crippen LogP contribution in [0.2, 0.25) is 0 Å². The number of fused-ring (bicyclic) bond motifs is 1. The Hall–Kier alpha value is -0.960. The number of hydrogen-bond acceptors (Lipinski definition) is 2. The Balaban J connectivity index is 1.90. The van der Waals surface area contributed by atoms with Gasteiger partial charge in [0.25, 0.3) is 0 Å². The molecule has 0 aliphatic heterocycles. The first-order chi connectivity index (χ1) is 7.30. The van der Waals surface area contributed by atoms with Crippen LogP contribution in [0.4, 0.5) is 0 Å². The average molecular weight is 216 g/mol. The van der Waals surface area contributed by atoms with E-state index in [2.05, 4.69) is 35.0 Å². The summed E-state index contributed by atoms with van der Waals surface area (Å²) in [4.78, 5) is 1.13. The highest BCUT2D eigenvalue weighted by molar-refractivity contribution is 7.80. The highest BCUT2D eigenvalue weighted by Gasteiger charge is 2.63. The van der Waals surface area contributed by atoms with Gasteiger partial charge in [0.05, 0.1) is 11.7 Å². The molecule has 2 aromatic rings. The molecule has 1 aromatic carbocycles. The van der Waals surface area contributed by atoms with Crippen LogP contribution in [0.5, 0.6) is 0 Å². The molecule has 2 aliphatic rings. The molecule has 2 nitrogen and oxygen atoms in total. The van der Waals surface area contributed by atoms with Crippen molar-refractivity contribution >= 4 is 23.5 Å². The van der Waals surface area contributed by atoms with Gasteiger partial charge in [-0.05, 0) is 42.2 Å². The summed E-state index contributed by atoms with van der Waals surface area (Å²) in [6, 6.07) is 4.35. The van der Waals surface area contributed by atoms with E-state index in [1.807, 2.05) is 6.20 Å². The first-order valence-corrected chi connectivity index (χ1v) is 5.90. The predicted molar refractivity (Wildman–Crippen MR) is 62.4 cm³/mol. The van der Waals surface area contributed by atoms with Gasteiger partial charge in [-0.2, -0.15) is 5.10 Å². The second-order valence-electron chi connectivity index (χ2n) is 4.95. The molecule has 1 heterocycles. The SMILES string of the molecule is Sc1c(C2CC23CC3)ccc2[nH]ncc12. The van der Waals surface area contributed by atoms with Gasteiger partial charge in [-0.15, -0.1) is 12.6 Å². The molecule has 1 spiro atoms. The van der Waals surface area contributed by atoms with E-state index >= 15 is 0 Å². The molecule has 0 radical (unpaired) electrons. The van der Waals surface area contributed by atoms with Gasteiger partial charge in [0, 0.05) is 10.3 Å². The standard InChI is InChI=1S/C12H12N2S/c15-11-7(9-5-12(9)3-4-12)1-2-10-8(11)6-13-14-10/h1-2,6,9,15H,3-5H2,(H,13,14). The number of aromatic amines is 1. The quantitative estimate of drug-likeness (QED) is 0.704. The zero-order valence-electron chi connectivity index (χ0n) is 8.33. The molecule has 0 bridgehead atoms. The van der Waals surface area contributed by atoms with E-state index in [0.29, 0.717) is 5.41 Å². The van der Waals surface area contributed by atoms with E-state index in [1.54, 1.807) is 0 Å². The van der Waals surface area contributed by atoms with Crippen LogP contribution in [0.15, 0.2) is 23.2 Å². The number of benzene rings is 1. The maximum absolute atomic E-state index is 4.65. The smallest absolute Gasteiger partial charge is 0.0661 e. The highest BCUT2D eigenvalue weighted by Crippen LogP contribution is 2.75. The van der Waals surface area contributed by atoms with Crippen molar-refractivity contribution in [3.63, 3.8) is 0 Å². The van der Waals surface area contributed by atoms with Crippen LogP contribution < -0.4 is 0 Å². The van der Waals surface area contributed by atoms with Gasteiger partial charge in [-0.1, -0.05) is 6.07 Å². The normalized spacial score (nSPS) is 26.1. The fourth-order valence-corrected chi connectivity index (χ4v) is 3.21. The third-order valence-corrected chi connectivity index (χ3v) is 4.58. The number of aromatic nitrogens is 2. The molecule has 76 valence electrons. The second-order valence-corrected chi connectivity index (χ2v) is 5.40. The van der Waals surface area contributed by atoms with Crippen molar-refractivity contribution < 1.29 is 0 Å². The summed E-state index contributed by atoms with van der Waals surface area (Å²) < 4.78 is 0. The number of rotatable bonds is 1. The minimum atomic E-state index is 0.703. The first kappa shape index (κ1) is 8.22. The summed E-state index contributed by atoms with van der Waals surface area (Å²) in [6.45, 7) is 0. The first-order valence-electron chi connectivity index (χ1n) is 5.45. The van der Waals surface area contributed by atoms with E-state index in [4.69, 9.17) is 0 Å². The van der Waals surface area contributed by atoms with Crippen LogP contribution in [0, 0.1) is 5.41 Å². The molecule has 15 heavy (non-hydrogen) atoms. The van der Waals surface area contributed by atoms with Crippen molar-refractivity contribution in [2.24, 2.45) is 5.41 Å². The average Bonchev–Trinajstić information content (AvgIpc) is 3.10. The maximum Gasteiger partial charge on any atom is 0.0661 e. The number of hydrogen-bond donors (Lipinski definition) is 2. The van der Waals surface area contributed by atoms with Crippen molar-refractivity contribution in [3.05, 3.63) is 23.9 Å². The fourth-order valence-electron chi connectivity index (χ4n) is 2.80. The Bertz CT molecular complexity index is 554. The molecule has 2 aliphatic carbocycles. The zero-order valence-corrected chi connectivity index (χ0v) is 9.22. The van der Waals surface area contributed by atoms with E-state index in [1.165, 1.54) is 30.2 Å². The lowest BCUT2D eigenvalue weighted by Gasteiger charge is -2.04. The third-order valence-electron chi connectivity index (χ3n) is 4.08.